The van der Waals surface area contributed by atoms with E-state index in [4.69, 9.17) is 4.74 Å². The first kappa shape index (κ1) is 16.0. The number of ether oxygens (including phenoxy) is 1. The van der Waals surface area contributed by atoms with E-state index in [1.807, 2.05) is 0 Å². The predicted molar refractivity (Wildman–Crippen MR) is 75.9 cm³/mol. The Kier molecular flexibility index (Phi) is 4.61. The Bertz CT molecular complexity index is 767. The first-order valence-electron chi connectivity index (χ1n) is 6.49. The van der Waals surface area contributed by atoms with Crippen LogP contribution < -0.4 is 20.3 Å². The molecule has 7 heteroatoms. The lowest BCUT2D eigenvalue weighted by molar-refractivity contribution is -0.259. The lowest BCUT2D eigenvalue weighted by Gasteiger charge is -2.14. The maximum absolute atomic E-state index is 11.0. The van der Waals surface area contributed by atoms with Gasteiger partial charge in [-0.05, 0) is 42.5 Å². The van der Waals surface area contributed by atoms with Gasteiger partial charge in [-0.1, -0.05) is 0 Å². The van der Waals surface area contributed by atoms with Crippen LogP contribution in [0.1, 0.15) is 27.6 Å². The molecule has 0 aliphatic heterocycles. The number of benzene rings is 2. The largest absolute Gasteiger partial charge is 0.545 e. The highest BCUT2D eigenvalue weighted by Gasteiger charge is 2.08. The van der Waals surface area contributed by atoms with Crippen LogP contribution in [0.3, 0.4) is 0 Å². The van der Waals surface area contributed by atoms with Crippen LogP contribution in [-0.2, 0) is 4.79 Å². The van der Waals surface area contributed by atoms with Gasteiger partial charge in [-0.2, -0.15) is 0 Å². The maximum Gasteiger partial charge on any atom is 0.221 e. The third-order valence-corrected chi connectivity index (χ3v) is 2.84. The molecule has 0 radical (unpaired) electrons. The first-order chi connectivity index (χ1) is 10.9. The number of carboxylic acids is 2. The van der Waals surface area contributed by atoms with Gasteiger partial charge in [-0.15, -0.1) is 0 Å². The zero-order valence-electron chi connectivity index (χ0n) is 12.0. The fourth-order valence-corrected chi connectivity index (χ4v) is 1.88. The van der Waals surface area contributed by atoms with Gasteiger partial charge >= 0.3 is 0 Å². The summed E-state index contributed by atoms with van der Waals surface area (Å²) in [6.45, 7) is 1.38. The Balaban J connectivity index is 2.23. The number of amides is 1. The number of hydrogen-bond acceptors (Lipinski definition) is 6. The highest BCUT2D eigenvalue weighted by molar-refractivity contribution is 6.00. The molecule has 0 saturated carbocycles. The quantitative estimate of drug-likeness (QED) is 0.840. The Hall–Kier alpha value is -3.35. The molecule has 0 fully saturated rings. The molecule has 0 aromatic heterocycles. The number of carbonyl (C=O) groups is 3. The summed E-state index contributed by atoms with van der Waals surface area (Å²) in [7, 11) is 0. The second kappa shape index (κ2) is 6.61. The summed E-state index contributed by atoms with van der Waals surface area (Å²) in [5.41, 5.74) is -0.441. The van der Waals surface area contributed by atoms with E-state index < -0.39 is 23.1 Å². The molecule has 0 heterocycles. The fourth-order valence-electron chi connectivity index (χ4n) is 1.88. The van der Waals surface area contributed by atoms with Crippen molar-refractivity contribution in [1.82, 2.24) is 0 Å². The maximum atomic E-state index is 11.0. The zero-order chi connectivity index (χ0) is 17.0. The van der Waals surface area contributed by atoms with Crippen LogP contribution >= 0.6 is 0 Å². The van der Waals surface area contributed by atoms with Crippen molar-refractivity contribution in [2.24, 2.45) is 0 Å². The van der Waals surface area contributed by atoms with Gasteiger partial charge in [-0.3, -0.25) is 4.79 Å². The van der Waals surface area contributed by atoms with Crippen LogP contribution in [-0.4, -0.2) is 17.8 Å². The highest BCUT2D eigenvalue weighted by atomic mass is 16.5. The van der Waals surface area contributed by atoms with Gasteiger partial charge in [0.15, 0.2) is 0 Å². The molecule has 0 bridgehead atoms. The van der Waals surface area contributed by atoms with Gasteiger partial charge in [0.25, 0.3) is 0 Å². The lowest BCUT2D eigenvalue weighted by atomic mass is 10.1. The Morgan fingerprint density at radius 3 is 1.96 bits per heavy atom. The number of nitrogens with one attached hydrogen (secondary N) is 1. The second-order valence-corrected chi connectivity index (χ2v) is 4.59. The van der Waals surface area contributed by atoms with Gasteiger partial charge in [0, 0.05) is 23.7 Å². The molecular formula is C16H11NO6-2. The predicted octanol–water partition coefficient (Wildman–Crippen LogP) is 0.164. The van der Waals surface area contributed by atoms with E-state index >= 15 is 0 Å². The molecule has 0 atom stereocenters. The molecule has 1 N–H and O–H groups in total. The number of aromatic carboxylic acids is 2. The monoisotopic (exact) mass is 313 g/mol. The number of hydrogen-bond donors (Lipinski definition) is 1. The van der Waals surface area contributed by atoms with Crippen molar-refractivity contribution in [3.8, 4) is 11.5 Å². The molecule has 118 valence electrons. The number of rotatable bonds is 5. The molecule has 0 aliphatic carbocycles. The van der Waals surface area contributed by atoms with Crippen molar-refractivity contribution in [3.05, 3.63) is 53.6 Å². The molecule has 2 aromatic rings. The van der Waals surface area contributed by atoms with Crippen LogP contribution in [0.25, 0.3) is 0 Å². The summed E-state index contributed by atoms with van der Waals surface area (Å²) in [5.74, 6) is -2.97. The normalized spacial score (nSPS) is 9.96. The minimum absolute atomic E-state index is 0.126. The minimum Gasteiger partial charge on any atom is -0.545 e. The van der Waals surface area contributed by atoms with E-state index in [2.05, 4.69) is 5.32 Å². The molecule has 0 spiro atoms. The van der Waals surface area contributed by atoms with Crippen LogP contribution in [0.4, 0.5) is 5.69 Å². The van der Waals surface area contributed by atoms with E-state index in [1.165, 1.54) is 13.0 Å². The van der Waals surface area contributed by atoms with Crippen molar-refractivity contribution < 1.29 is 29.3 Å². The molecule has 0 aliphatic rings. The average molecular weight is 313 g/mol. The molecule has 7 nitrogen and oxygen atoms in total. The Labute approximate surface area is 131 Å². The number of carbonyl (C=O) groups excluding carboxylic acids is 3. The minimum atomic E-state index is -1.64. The number of carboxylic acid groups (broad SMARTS) is 2. The van der Waals surface area contributed by atoms with Crippen molar-refractivity contribution in [1.29, 1.82) is 0 Å². The first-order valence-corrected chi connectivity index (χ1v) is 6.49. The lowest BCUT2D eigenvalue weighted by Crippen LogP contribution is -2.30. The van der Waals surface area contributed by atoms with E-state index in [-0.39, 0.29) is 11.7 Å². The average Bonchev–Trinajstić information content (AvgIpc) is 2.48. The summed E-state index contributed by atoms with van der Waals surface area (Å²) in [5, 5.41) is 24.4. The smallest absolute Gasteiger partial charge is 0.221 e. The van der Waals surface area contributed by atoms with Crippen molar-refractivity contribution in [2.75, 3.05) is 5.32 Å². The SMILES string of the molecule is CC(=O)Nc1ccc(Oc2ccc(C(=O)[O-])c(C(=O)[O-])c2)cc1. The topological polar surface area (TPSA) is 119 Å². The molecule has 0 unspecified atom stereocenters. The van der Waals surface area contributed by atoms with Gasteiger partial charge in [-0.25, -0.2) is 0 Å². The van der Waals surface area contributed by atoms with Crippen molar-refractivity contribution >= 4 is 23.5 Å². The van der Waals surface area contributed by atoms with Gasteiger partial charge in [0.2, 0.25) is 5.91 Å². The van der Waals surface area contributed by atoms with Crippen LogP contribution in [0.15, 0.2) is 42.5 Å². The van der Waals surface area contributed by atoms with Gasteiger partial charge < -0.3 is 29.9 Å². The summed E-state index contributed by atoms with van der Waals surface area (Å²) in [6, 6.07) is 9.76. The molecule has 0 saturated heterocycles. The van der Waals surface area contributed by atoms with Gasteiger partial charge in [0.1, 0.15) is 11.5 Å². The molecule has 2 aromatic carbocycles. The third-order valence-electron chi connectivity index (χ3n) is 2.84. The van der Waals surface area contributed by atoms with Crippen LogP contribution in [0.2, 0.25) is 0 Å². The molecular weight excluding hydrogens is 302 g/mol. The molecule has 2 rings (SSSR count). The summed E-state index contributed by atoms with van der Waals surface area (Å²) in [6.07, 6.45) is 0. The van der Waals surface area contributed by atoms with Crippen LogP contribution in [0.5, 0.6) is 11.5 Å². The molecule has 23 heavy (non-hydrogen) atoms. The summed E-state index contributed by atoms with van der Waals surface area (Å²) >= 11 is 0. The van der Waals surface area contributed by atoms with Crippen molar-refractivity contribution in [3.63, 3.8) is 0 Å². The standard InChI is InChI=1S/C16H13NO6/c1-9(18)17-10-2-4-11(5-3-10)23-12-6-7-13(15(19)20)14(8-12)16(21)22/h2-8H,1H3,(H,17,18)(H,19,20)(H,21,22)/p-2. The van der Waals surface area contributed by atoms with E-state index in [9.17, 15) is 24.6 Å². The van der Waals surface area contributed by atoms with Crippen molar-refractivity contribution in [2.45, 2.75) is 6.92 Å². The van der Waals surface area contributed by atoms with Crippen LogP contribution in [0, 0.1) is 0 Å². The van der Waals surface area contributed by atoms with E-state index in [0.717, 1.165) is 12.1 Å². The number of anilines is 1. The third kappa shape index (κ3) is 4.07. The zero-order valence-corrected chi connectivity index (χ0v) is 12.0. The van der Waals surface area contributed by atoms with E-state index in [0.29, 0.717) is 11.4 Å². The summed E-state index contributed by atoms with van der Waals surface area (Å²) in [4.78, 5) is 32.7. The van der Waals surface area contributed by atoms with E-state index in [1.54, 1.807) is 24.3 Å². The second-order valence-electron chi connectivity index (χ2n) is 4.59. The highest BCUT2D eigenvalue weighted by Crippen LogP contribution is 2.25. The molecule has 1 amide bonds. The van der Waals surface area contributed by atoms with Gasteiger partial charge in [0.05, 0.1) is 11.9 Å². The fraction of sp³-hybridized carbons (Fsp3) is 0.0625. The Morgan fingerprint density at radius 1 is 0.870 bits per heavy atom. The summed E-state index contributed by atoms with van der Waals surface area (Å²) < 4.78 is 5.45. The Morgan fingerprint density at radius 2 is 1.43 bits per heavy atom.